The Hall–Kier alpha value is -3.09. The smallest absolute Gasteiger partial charge is 0.416 e. The highest BCUT2D eigenvalue weighted by Crippen LogP contribution is 2.30. The number of carbonyl (C=O) groups excluding carboxylic acids is 1. The molecule has 4 nitrogen and oxygen atoms in total. The van der Waals surface area contributed by atoms with Gasteiger partial charge in [0, 0.05) is 19.2 Å². The van der Waals surface area contributed by atoms with Gasteiger partial charge < -0.3 is 9.32 Å². The molecule has 0 aliphatic heterocycles. The van der Waals surface area contributed by atoms with Crippen LogP contribution in [0.5, 0.6) is 0 Å². The molecule has 1 heterocycles. The SMILES string of the molecule is CN(Cc1ccccc1)C(=O)c1coc(-c2ccc(C(F)(F)F)cc2)n1. The van der Waals surface area contributed by atoms with E-state index in [1.165, 1.54) is 23.3 Å². The zero-order chi connectivity index (χ0) is 18.7. The van der Waals surface area contributed by atoms with Gasteiger partial charge in [0.25, 0.3) is 5.91 Å². The molecule has 0 unspecified atom stereocenters. The van der Waals surface area contributed by atoms with Crippen LogP contribution in [0.4, 0.5) is 13.2 Å². The van der Waals surface area contributed by atoms with Crippen LogP contribution in [0.3, 0.4) is 0 Å². The van der Waals surface area contributed by atoms with Gasteiger partial charge in [-0.1, -0.05) is 30.3 Å². The first-order chi connectivity index (χ1) is 12.3. The number of benzene rings is 2. The van der Waals surface area contributed by atoms with Gasteiger partial charge in [-0.2, -0.15) is 13.2 Å². The lowest BCUT2D eigenvalue weighted by Crippen LogP contribution is -2.26. The third kappa shape index (κ3) is 3.93. The maximum Gasteiger partial charge on any atom is 0.416 e. The molecule has 3 aromatic rings. The Labute approximate surface area is 147 Å². The highest BCUT2D eigenvalue weighted by molar-refractivity contribution is 5.92. The summed E-state index contributed by atoms with van der Waals surface area (Å²) in [5.41, 5.74) is 0.669. The fourth-order valence-electron chi connectivity index (χ4n) is 2.43. The number of alkyl halides is 3. The van der Waals surface area contributed by atoms with Gasteiger partial charge in [-0.3, -0.25) is 4.79 Å². The van der Waals surface area contributed by atoms with Crippen LogP contribution in [-0.2, 0) is 12.7 Å². The summed E-state index contributed by atoms with van der Waals surface area (Å²) in [6.45, 7) is 0.405. The number of hydrogen-bond acceptors (Lipinski definition) is 3. The standard InChI is InChI=1S/C19H15F3N2O2/c1-24(11-13-5-3-2-4-6-13)18(25)16-12-26-17(23-16)14-7-9-15(10-8-14)19(20,21)22/h2-10,12H,11H2,1H3. The molecule has 2 aromatic carbocycles. The number of rotatable bonds is 4. The van der Waals surface area contributed by atoms with E-state index in [-0.39, 0.29) is 17.5 Å². The predicted octanol–water partition coefficient (Wildman–Crippen LogP) is 4.63. The summed E-state index contributed by atoms with van der Waals surface area (Å²) >= 11 is 0. The molecule has 0 bridgehead atoms. The molecule has 0 saturated heterocycles. The van der Waals surface area contributed by atoms with Crippen molar-refractivity contribution < 1.29 is 22.4 Å². The minimum atomic E-state index is -4.41. The second-order valence-corrected chi connectivity index (χ2v) is 5.76. The van der Waals surface area contributed by atoms with Crippen LogP contribution < -0.4 is 0 Å². The summed E-state index contributed by atoms with van der Waals surface area (Å²) in [6.07, 6.45) is -3.20. The third-order valence-electron chi connectivity index (χ3n) is 3.79. The molecular weight excluding hydrogens is 345 g/mol. The van der Waals surface area contributed by atoms with Gasteiger partial charge in [-0.25, -0.2) is 4.98 Å². The fraction of sp³-hybridized carbons (Fsp3) is 0.158. The number of halogens is 3. The minimum absolute atomic E-state index is 0.0928. The lowest BCUT2D eigenvalue weighted by atomic mass is 10.1. The van der Waals surface area contributed by atoms with Crippen LogP contribution in [0.15, 0.2) is 65.3 Å². The van der Waals surface area contributed by atoms with Crippen molar-refractivity contribution in [3.8, 4) is 11.5 Å². The van der Waals surface area contributed by atoms with Crippen molar-refractivity contribution in [2.24, 2.45) is 0 Å². The molecule has 0 aliphatic rings. The summed E-state index contributed by atoms with van der Waals surface area (Å²) in [6, 6.07) is 13.9. The summed E-state index contributed by atoms with van der Waals surface area (Å²) < 4.78 is 43.1. The van der Waals surface area contributed by atoms with E-state index in [1.807, 2.05) is 30.3 Å². The van der Waals surface area contributed by atoms with Crippen LogP contribution in [0.1, 0.15) is 21.6 Å². The Morgan fingerprint density at radius 2 is 1.73 bits per heavy atom. The molecule has 26 heavy (non-hydrogen) atoms. The van der Waals surface area contributed by atoms with Crippen molar-refractivity contribution in [2.45, 2.75) is 12.7 Å². The Kier molecular flexibility index (Phi) is 4.79. The zero-order valence-corrected chi connectivity index (χ0v) is 13.8. The largest absolute Gasteiger partial charge is 0.444 e. The molecule has 3 rings (SSSR count). The summed E-state index contributed by atoms with van der Waals surface area (Å²) in [5, 5.41) is 0. The Morgan fingerprint density at radius 1 is 1.08 bits per heavy atom. The molecule has 7 heteroatoms. The minimum Gasteiger partial charge on any atom is -0.444 e. The molecular formula is C19H15F3N2O2. The van der Waals surface area contributed by atoms with Crippen molar-refractivity contribution >= 4 is 5.91 Å². The van der Waals surface area contributed by atoms with Gasteiger partial charge in [0.15, 0.2) is 5.69 Å². The lowest BCUT2D eigenvalue weighted by molar-refractivity contribution is -0.137. The van der Waals surface area contributed by atoms with Crippen molar-refractivity contribution in [3.05, 3.63) is 77.7 Å². The Balaban J connectivity index is 1.73. The Bertz CT molecular complexity index is 887. The summed E-state index contributed by atoms with van der Waals surface area (Å²) in [4.78, 5) is 18.0. The average Bonchev–Trinajstić information content (AvgIpc) is 3.11. The van der Waals surface area contributed by atoms with Crippen molar-refractivity contribution in [1.82, 2.24) is 9.88 Å². The van der Waals surface area contributed by atoms with E-state index in [0.717, 1.165) is 17.7 Å². The first kappa shape index (κ1) is 17.7. The number of oxazole rings is 1. The number of amides is 1. The molecule has 0 atom stereocenters. The molecule has 0 saturated carbocycles. The maximum atomic E-state index is 12.6. The molecule has 0 N–H and O–H groups in total. The van der Waals surface area contributed by atoms with Crippen LogP contribution in [0.2, 0.25) is 0 Å². The second kappa shape index (κ2) is 7.03. The van der Waals surface area contributed by atoms with E-state index in [2.05, 4.69) is 4.98 Å². The van der Waals surface area contributed by atoms with E-state index in [1.54, 1.807) is 7.05 Å². The van der Waals surface area contributed by atoms with Crippen molar-refractivity contribution in [3.63, 3.8) is 0 Å². The van der Waals surface area contributed by atoms with Gasteiger partial charge >= 0.3 is 6.18 Å². The first-order valence-corrected chi connectivity index (χ1v) is 7.77. The predicted molar refractivity (Wildman–Crippen MR) is 89.2 cm³/mol. The first-order valence-electron chi connectivity index (χ1n) is 7.77. The Morgan fingerprint density at radius 3 is 2.35 bits per heavy atom. The number of carbonyl (C=O) groups is 1. The van der Waals surface area contributed by atoms with Gasteiger partial charge in [-0.15, -0.1) is 0 Å². The van der Waals surface area contributed by atoms with Gasteiger partial charge in [-0.05, 0) is 29.8 Å². The molecule has 1 aromatic heterocycles. The molecule has 0 fully saturated rings. The molecule has 1 amide bonds. The number of nitrogens with zero attached hydrogens (tertiary/aromatic N) is 2. The molecule has 0 radical (unpaired) electrons. The van der Waals surface area contributed by atoms with Gasteiger partial charge in [0.1, 0.15) is 6.26 Å². The fourth-order valence-corrected chi connectivity index (χ4v) is 2.43. The van der Waals surface area contributed by atoms with Gasteiger partial charge in [0.2, 0.25) is 5.89 Å². The average molecular weight is 360 g/mol. The van der Waals surface area contributed by atoms with E-state index in [4.69, 9.17) is 4.42 Å². The monoisotopic (exact) mass is 360 g/mol. The van der Waals surface area contributed by atoms with Crippen LogP contribution in [-0.4, -0.2) is 22.8 Å². The van der Waals surface area contributed by atoms with E-state index in [0.29, 0.717) is 12.1 Å². The maximum absolute atomic E-state index is 12.6. The van der Waals surface area contributed by atoms with Crippen LogP contribution in [0, 0.1) is 0 Å². The van der Waals surface area contributed by atoms with E-state index in [9.17, 15) is 18.0 Å². The molecule has 0 aliphatic carbocycles. The quantitative estimate of drug-likeness (QED) is 0.681. The number of aromatic nitrogens is 1. The van der Waals surface area contributed by atoms with Crippen LogP contribution in [0.25, 0.3) is 11.5 Å². The summed E-state index contributed by atoms with van der Waals surface area (Å²) in [5.74, 6) is -0.244. The highest BCUT2D eigenvalue weighted by atomic mass is 19.4. The highest BCUT2D eigenvalue weighted by Gasteiger charge is 2.30. The van der Waals surface area contributed by atoms with E-state index < -0.39 is 11.7 Å². The zero-order valence-electron chi connectivity index (χ0n) is 13.8. The third-order valence-corrected chi connectivity index (χ3v) is 3.79. The lowest BCUT2D eigenvalue weighted by Gasteiger charge is -2.15. The van der Waals surface area contributed by atoms with Crippen molar-refractivity contribution in [1.29, 1.82) is 0 Å². The normalized spacial score (nSPS) is 11.4. The van der Waals surface area contributed by atoms with E-state index >= 15 is 0 Å². The van der Waals surface area contributed by atoms with Crippen LogP contribution >= 0.6 is 0 Å². The van der Waals surface area contributed by atoms with Crippen molar-refractivity contribution in [2.75, 3.05) is 7.05 Å². The number of hydrogen-bond donors (Lipinski definition) is 0. The van der Waals surface area contributed by atoms with Gasteiger partial charge in [0.05, 0.1) is 5.56 Å². The molecule has 134 valence electrons. The second-order valence-electron chi connectivity index (χ2n) is 5.76. The summed E-state index contributed by atoms with van der Waals surface area (Å²) in [7, 11) is 1.64. The topological polar surface area (TPSA) is 46.3 Å². The molecule has 0 spiro atoms.